The maximum absolute atomic E-state index is 5.50. The summed E-state index contributed by atoms with van der Waals surface area (Å²) in [6, 6.07) is 8.62. The topological polar surface area (TPSA) is 21.3 Å². The highest BCUT2D eigenvalue weighted by Crippen LogP contribution is 2.31. The molecule has 1 aliphatic heterocycles. The van der Waals surface area contributed by atoms with E-state index in [1.807, 2.05) is 6.92 Å². The van der Waals surface area contributed by atoms with Crippen LogP contribution in [0.4, 0.5) is 0 Å². The second-order valence-electron chi connectivity index (χ2n) is 6.16. The van der Waals surface area contributed by atoms with Crippen molar-refractivity contribution < 1.29 is 4.74 Å². The van der Waals surface area contributed by atoms with E-state index < -0.39 is 0 Å². The minimum Gasteiger partial charge on any atom is -0.494 e. The van der Waals surface area contributed by atoms with Crippen molar-refractivity contribution in [3.8, 4) is 5.75 Å². The Bertz CT molecular complexity index is 377. The monoisotopic (exact) mass is 261 g/mol. The molecular weight excluding hydrogens is 234 g/mol. The smallest absolute Gasteiger partial charge is 0.119 e. The Hall–Kier alpha value is -1.02. The molecule has 0 radical (unpaired) electrons. The second kappa shape index (κ2) is 6.42. The minimum absolute atomic E-state index is 0.321. The van der Waals surface area contributed by atoms with E-state index in [0.29, 0.717) is 5.54 Å². The normalized spacial score (nSPS) is 22.9. The maximum Gasteiger partial charge on any atom is 0.119 e. The number of hydrogen-bond donors (Lipinski definition) is 1. The molecule has 2 nitrogen and oxygen atoms in total. The van der Waals surface area contributed by atoms with Crippen LogP contribution in [0.5, 0.6) is 5.75 Å². The quantitative estimate of drug-likeness (QED) is 0.841. The molecule has 0 saturated carbocycles. The molecule has 2 rings (SSSR count). The van der Waals surface area contributed by atoms with Gasteiger partial charge in [0.1, 0.15) is 5.75 Å². The van der Waals surface area contributed by atoms with E-state index in [2.05, 4.69) is 43.4 Å². The molecule has 1 unspecified atom stereocenters. The van der Waals surface area contributed by atoms with E-state index in [1.54, 1.807) is 0 Å². The molecule has 1 fully saturated rings. The van der Waals surface area contributed by atoms with Crippen molar-refractivity contribution in [2.75, 3.05) is 13.2 Å². The van der Waals surface area contributed by atoms with Crippen LogP contribution in [0.25, 0.3) is 0 Å². The molecule has 19 heavy (non-hydrogen) atoms. The molecule has 0 aromatic heterocycles. The molecule has 1 aliphatic rings. The number of ether oxygens (including phenoxy) is 1. The molecule has 106 valence electrons. The van der Waals surface area contributed by atoms with Gasteiger partial charge in [0.15, 0.2) is 0 Å². The van der Waals surface area contributed by atoms with Gasteiger partial charge in [-0.2, -0.15) is 0 Å². The third kappa shape index (κ3) is 3.97. The lowest BCUT2D eigenvalue weighted by Crippen LogP contribution is -2.43. The molecule has 1 N–H and O–H groups in total. The molecule has 1 aromatic rings. The van der Waals surface area contributed by atoms with Gasteiger partial charge in [0, 0.05) is 5.54 Å². The highest BCUT2D eigenvalue weighted by molar-refractivity contribution is 5.28. The van der Waals surface area contributed by atoms with E-state index in [0.717, 1.165) is 24.7 Å². The lowest BCUT2D eigenvalue weighted by molar-refractivity contribution is 0.301. The molecule has 0 amide bonds. The number of nitrogens with one attached hydrogen (secondary N) is 1. The summed E-state index contributed by atoms with van der Waals surface area (Å²) in [5, 5.41) is 3.76. The number of benzene rings is 1. The minimum atomic E-state index is 0.321. The Kier molecular flexibility index (Phi) is 4.87. The van der Waals surface area contributed by atoms with Gasteiger partial charge in [0.25, 0.3) is 0 Å². The largest absolute Gasteiger partial charge is 0.494 e. The van der Waals surface area contributed by atoms with Gasteiger partial charge in [-0.15, -0.1) is 0 Å². The Morgan fingerprint density at radius 1 is 1.26 bits per heavy atom. The SMILES string of the molecule is CCOc1ccc(CC2(CC(C)C)CCCN2)cc1. The van der Waals surface area contributed by atoms with Gasteiger partial charge in [-0.05, 0) is 62.8 Å². The Balaban J connectivity index is 2.04. The van der Waals surface area contributed by atoms with Gasteiger partial charge in [0.05, 0.1) is 6.61 Å². The van der Waals surface area contributed by atoms with Crippen molar-refractivity contribution in [2.45, 2.75) is 52.0 Å². The van der Waals surface area contributed by atoms with Crippen LogP contribution in [0.3, 0.4) is 0 Å². The third-order valence-electron chi connectivity index (χ3n) is 3.91. The van der Waals surface area contributed by atoms with E-state index >= 15 is 0 Å². The van der Waals surface area contributed by atoms with Crippen LogP contribution in [0.15, 0.2) is 24.3 Å². The molecule has 1 aromatic carbocycles. The first-order valence-corrected chi connectivity index (χ1v) is 7.60. The second-order valence-corrected chi connectivity index (χ2v) is 6.16. The van der Waals surface area contributed by atoms with Crippen LogP contribution < -0.4 is 10.1 Å². The van der Waals surface area contributed by atoms with Gasteiger partial charge in [-0.3, -0.25) is 0 Å². The predicted octanol–water partition coefficient (Wildman–Crippen LogP) is 3.80. The van der Waals surface area contributed by atoms with Gasteiger partial charge in [0.2, 0.25) is 0 Å². The molecule has 1 heterocycles. The Labute approximate surface area is 117 Å². The predicted molar refractivity (Wildman–Crippen MR) is 80.7 cm³/mol. The highest BCUT2D eigenvalue weighted by atomic mass is 16.5. The lowest BCUT2D eigenvalue weighted by atomic mass is 9.82. The highest BCUT2D eigenvalue weighted by Gasteiger charge is 2.33. The fourth-order valence-corrected chi connectivity index (χ4v) is 3.31. The average molecular weight is 261 g/mol. The van der Waals surface area contributed by atoms with E-state index in [-0.39, 0.29) is 0 Å². The van der Waals surface area contributed by atoms with Crippen LogP contribution in [-0.2, 0) is 6.42 Å². The van der Waals surface area contributed by atoms with Crippen molar-refractivity contribution >= 4 is 0 Å². The summed E-state index contributed by atoms with van der Waals surface area (Å²) < 4.78 is 5.50. The van der Waals surface area contributed by atoms with Crippen molar-refractivity contribution in [2.24, 2.45) is 5.92 Å². The summed E-state index contributed by atoms with van der Waals surface area (Å²) in [6.45, 7) is 8.57. The van der Waals surface area contributed by atoms with Gasteiger partial charge >= 0.3 is 0 Å². The number of rotatable bonds is 6. The zero-order valence-corrected chi connectivity index (χ0v) is 12.5. The molecular formula is C17H27NO. The molecule has 2 heteroatoms. The van der Waals surface area contributed by atoms with Crippen molar-refractivity contribution in [3.63, 3.8) is 0 Å². The zero-order valence-electron chi connectivity index (χ0n) is 12.5. The standard InChI is InChI=1S/C17H27NO/c1-4-19-16-8-6-15(7-9-16)13-17(12-14(2)3)10-5-11-18-17/h6-9,14,18H,4-5,10-13H2,1-3H3. The summed E-state index contributed by atoms with van der Waals surface area (Å²) in [5.74, 6) is 1.72. The van der Waals surface area contributed by atoms with Crippen molar-refractivity contribution in [1.82, 2.24) is 5.32 Å². The average Bonchev–Trinajstić information content (AvgIpc) is 2.79. The Morgan fingerprint density at radius 3 is 2.53 bits per heavy atom. The van der Waals surface area contributed by atoms with E-state index in [9.17, 15) is 0 Å². The number of hydrogen-bond acceptors (Lipinski definition) is 2. The van der Waals surface area contributed by atoms with Gasteiger partial charge in [-0.25, -0.2) is 0 Å². The molecule has 1 saturated heterocycles. The van der Waals surface area contributed by atoms with Crippen LogP contribution in [-0.4, -0.2) is 18.7 Å². The zero-order chi connectivity index (χ0) is 13.7. The fourth-order valence-electron chi connectivity index (χ4n) is 3.31. The first kappa shape index (κ1) is 14.4. The fraction of sp³-hybridized carbons (Fsp3) is 0.647. The van der Waals surface area contributed by atoms with Crippen LogP contribution in [0.1, 0.15) is 45.6 Å². The lowest BCUT2D eigenvalue weighted by Gasteiger charge is -2.31. The van der Waals surface area contributed by atoms with Crippen molar-refractivity contribution in [3.05, 3.63) is 29.8 Å². The molecule has 1 atom stereocenters. The Morgan fingerprint density at radius 2 is 2.00 bits per heavy atom. The van der Waals surface area contributed by atoms with Gasteiger partial charge < -0.3 is 10.1 Å². The van der Waals surface area contributed by atoms with E-state index in [4.69, 9.17) is 4.74 Å². The maximum atomic E-state index is 5.50. The summed E-state index contributed by atoms with van der Waals surface area (Å²) in [5.41, 5.74) is 1.74. The summed E-state index contributed by atoms with van der Waals surface area (Å²) in [7, 11) is 0. The summed E-state index contributed by atoms with van der Waals surface area (Å²) in [6.07, 6.45) is 5.01. The third-order valence-corrected chi connectivity index (χ3v) is 3.91. The molecule has 0 bridgehead atoms. The van der Waals surface area contributed by atoms with Crippen LogP contribution in [0, 0.1) is 5.92 Å². The first-order chi connectivity index (χ1) is 9.13. The molecule has 0 aliphatic carbocycles. The first-order valence-electron chi connectivity index (χ1n) is 7.60. The van der Waals surface area contributed by atoms with Crippen LogP contribution >= 0.6 is 0 Å². The molecule has 0 spiro atoms. The van der Waals surface area contributed by atoms with Crippen molar-refractivity contribution in [1.29, 1.82) is 0 Å². The summed E-state index contributed by atoms with van der Waals surface area (Å²) >= 11 is 0. The van der Waals surface area contributed by atoms with Crippen LogP contribution in [0.2, 0.25) is 0 Å². The van der Waals surface area contributed by atoms with E-state index in [1.165, 1.54) is 31.4 Å². The summed E-state index contributed by atoms with van der Waals surface area (Å²) in [4.78, 5) is 0. The van der Waals surface area contributed by atoms with Gasteiger partial charge in [-0.1, -0.05) is 26.0 Å².